The van der Waals surface area contributed by atoms with Crippen molar-refractivity contribution in [3.63, 3.8) is 0 Å². The van der Waals surface area contributed by atoms with Gasteiger partial charge in [-0.15, -0.1) is 0 Å². The highest BCUT2D eigenvalue weighted by Crippen LogP contribution is 2.29. The third-order valence-electron chi connectivity index (χ3n) is 6.26. The maximum Gasteiger partial charge on any atom is 0.266 e. The van der Waals surface area contributed by atoms with E-state index in [2.05, 4.69) is 83.6 Å². The Morgan fingerprint density at radius 1 is 1.00 bits per heavy atom. The van der Waals surface area contributed by atoms with E-state index in [1.807, 2.05) is 12.1 Å². The van der Waals surface area contributed by atoms with Gasteiger partial charge in [-0.3, -0.25) is 9.69 Å². The Balaban J connectivity index is 1.62. The lowest BCUT2D eigenvalue weighted by atomic mass is 9.96. The molecule has 2 aromatic carbocycles. The van der Waals surface area contributed by atoms with E-state index in [9.17, 15) is 10.1 Å². The number of piperazine rings is 1. The fourth-order valence-electron chi connectivity index (χ4n) is 4.32. The zero-order valence-electron chi connectivity index (χ0n) is 19.8. The molecule has 1 aliphatic rings. The van der Waals surface area contributed by atoms with Crippen molar-refractivity contribution in [2.75, 3.05) is 52.4 Å². The first-order valence-electron chi connectivity index (χ1n) is 11.9. The molecule has 33 heavy (non-hydrogen) atoms. The Bertz CT molecular complexity index is 886. The molecule has 1 N–H and O–H groups in total. The lowest BCUT2D eigenvalue weighted by Gasteiger charge is -2.39. The van der Waals surface area contributed by atoms with Crippen LogP contribution in [-0.4, -0.2) is 73.0 Å². The summed E-state index contributed by atoms with van der Waals surface area (Å²) in [7, 11) is 0. The summed E-state index contributed by atoms with van der Waals surface area (Å²) in [6.07, 6.45) is 1.58. The van der Waals surface area contributed by atoms with E-state index in [1.165, 1.54) is 11.1 Å². The monoisotopic (exact) mass is 445 g/mol. The summed E-state index contributed by atoms with van der Waals surface area (Å²) in [6.45, 7) is 10.6. The summed E-state index contributed by atoms with van der Waals surface area (Å²) in [6, 6.07) is 23.2. The Morgan fingerprint density at radius 3 is 2.03 bits per heavy atom. The van der Waals surface area contributed by atoms with Gasteiger partial charge in [0.25, 0.3) is 5.91 Å². The molecule has 1 fully saturated rings. The van der Waals surface area contributed by atoms with Crippen LogP contribution in [0, 0.1) is 11.3 Å². The van der Waals surface area contributed by atoms with Gasteiger partial charge in [0.15, 0.2) is 0 Å². The second-order valence-corrected chi connectivity index (χ2v) is 8.20. The Hall–Kier alpha value is -3.14. The molecule has 6 heteroatoms. The van der Waals surface area contributed by atoms with Crippen molar-refractivity contribution in [3.8, 4) is 6.07 Å². The molecule has 2 aromatic rings. The minimum Gasteiger partial charge on any atom is -0.388 e. The molecule has 0 unspecified atom stereocenters. The average Bonchev–Trinajstić information content (AvgIpc) is 2.88. The maximum atomic E-state index is 13.0. The number of hydrogen-bond acceptors (Lipinski definition) is 5. The van der Waals surface area contributed by atoms with Crippen LogP contribution < -0.4 is 5.32 Å². The molecule has 0 spiro atoms. The second-order valence-electron chi connectivity index (χ2n) is 8.20. The molecular formula is C27H35N5O. The molecule has 1 heterocycles. The maximum absolute atomic E-state index is 13.0. The molecule has 6 nitrogen and oxygen atoms in total. The summed E-state index contributed by atoms with van der Waals surface area (Å²) in [5.41, 5.74) is 2.67. The molecule has 1 aliphatic heterocycles. The largest absolute Gasteiger partial charge is 0.388 e. The van der Waals surface area contributed by atoms with Gasteiger partial charge < -0.3 is 15.1 Å². The highest BCUT2D eigenvalue weighted by Gasteiger charge is 2.29. The zero-order valence-corrected chi connectivity index (χ0v) is 19.8. The van der Waals surface area contributed by atoms with Gasteiger partial charge in [0.1, 0.15) is 11.6 Å². The van der Waals surface area contributed by atoms with Gasteiger partial charge in [-0.05, 0) is 24.2 Å². The molecule has 0 radical (unpaired) electrons. The van der Waals surface area contributed by atoms with Gasteiger partial charge in [0.05, 0.1) is 6.04 Å². The van der Waals surface area contributed by atoms with Crippen molar-refractivity contribution in [1.82, 2.24) is 20.0 Å². The predicted molar refractivity (Wildman–Crippen MR) is 132 cm³/mol. The number of carbonyl (C=O) groups is 1. The fraction of sp³-hybridized carbons (Fsp3) is 0.407. The molecule has 1 saturated heterocycles. The van der Waals surface area contributed by atoms with Crippen LogP contribution in [0.25, 0.3) is 0 Å². The highest BCUT2D eigenvalue weighted by molar-refractivity contribution is 5.97. The molecule has 1 amide bonds. The van der Waals surface area contributed by atoms with Crippen LogP contribution in [0.1, 0.15) is 31.0 Å². The van der Waals surface area contributed by atoms with E-state index in [0.29, 0.717) is 19.6 Å². The van der Waals surface area contributed by atoms with Crippen LogP contribution >= 0.6 is 0 Å². The molecule has 3 rings (SSSR count). The zero-order chi connectivity index (χ0) is 23.5. The molecule has 0 saturated carbocycles. The smallest absolute Gasteiger partial charge is 0.266 e. The van der Waals surface area contributed by atoms with Crippen molar-refractivity contribution < 1.29 is 4.79 Å². The van der Waals surface area contributed by atoms with Crippen LogP contribution in [0.4, 0.5) is 0 Å². The van der Waals surface area contributed by atoms with Crippen LogP contribution in [-0.2, 0) is 4.79 Å². The van der Waals surface area contributed by atoms with Crippen molar-refractivity contribution in [1.29, 1.82) is 5.26 Å². The van der Waals surface area contributed by atoms with E-state index in [-0.39, 0.29) is 17.5 Å². The predicted octanol–water partition coefficient (Wildman–Crippen LogP) is 3.26. The van der Waals surface area contributed by atoms with Gasteiger partial charge in [-0.1, -0.05) is 74.5 Å². The standard InChI is InChI=1S/C27H35N5O/c1-3-30(4-2)16-15-29-22-25(21-28)27(33)32-19-17-31(18-20-32)26(23-11-7-5-8-12-23)24-13-9-6-10-14-24/h5-14,22,26,29H,3-4,15-20H2,1-2H3/b25-22-. The normalized spacial score (nSPS) is 15.0. The molecule has 0 aliphatic carbocycles. The minimum absolute atomic E-state index is 0.150. The first-order chi connectivity index (χ1) is 16.2. The highest BCUT2D eigenvalue weighted by atomic mass is 16.2. The van der Waals surface area contributed by atoms with Gasteiger partial charge >= 0.3 is 0 Å². The number of nitrogens with zero attached hydrogens (tertiary/aromatic N) is 4. The van der Waals surface area contributed by atoms with Crippen molar-refractivity contribution >= 4 is 5.91 Å². The number of carbonyl (C=O) groups excluding carboxylic acids is 1. The van der Waals surface area contributed by atoms with E-state index in [0.717, 1.165) is 32.7 Å². The summed E-state index contributed by atoms with van der Waals surface area (Å²) in [5.74, 6) is -0.191. The summed E-state index contributed by atoms with van der Waals surface area (Å²) >= 11 is 0. The quantitative estimate of drug-likeness (QED) is 0.346. The second kappa shape index (κ2) is 12.8. The molecule has 0 bridgehead atoms. The SMILES string of the molecule is CCN(CC)CCN/C=C(/C#N)C(=O)N1CCN(C(c2ccccc2)c2ccccc2)CC1. The Morgan fingerprint density at radius 2 is 1.55 bits per heavy atom. The van der Waals surface area contributed by atoms with E-state index in [4.69, 9.17) is 0 Å². The number of likely N-dealkylation sites (N-methyl/N-ethyl adjacent to an activating group) is 1. The van der Waals surface area contributed by atoms with E-state index < -0.39 is 0 Å². The molecule has 174 valence electrons. The first-order valence-corrected chi connectivity index (χ1v) is 11.9. The Kier molecular flexibility index (Phi) is 9.49. The van der Waals surface area contributed by atoms with Crippen LogP contribution in [0.5, 0.6) is 0 Å². The van der Waals surface area contributed by atoms with Gasteiger partial charge in [-0.2, -0.15) is 5.26 Å². The van der Waals surface area contributed by atoms with Crippen molar-refractivity contribution in [3.05, 3.63) is 83.6 Å². The number of amides is 1. The van der Waals surface area contributed by atoms with Gasteiger partial charge in [0, 0.05) is 45.5 Å². The fourth-order valence-corrected chi connectivity index (χ4v) is 4.32. The number of nitrogens with one attached hydrogen (secondary N) is 1. The van der Waals surface area contributed by atoms with Gasteiger partial charge in [-0.25, -0.2) is 0 Å². The average molecular weight is 446 g/mol. The Labute approximate surface area is 198 Å². The lowest BCUT2D eigenvalue weighted by molar-refractivity contribution is -0.128. The van der Waals surface area contributed by atoms with Crippen LogP contribution in [0.3, 0.4) is 0 Å². The summed E-state index contributed by atoms with van der Waals surface area (Å²) in [4.78, 5) is 19.5. The number of benzene rings is 2. The third-order valence-corrected chi connectivity index (χ3v) is 6.26. The van der Waals surface area contributed by atoms with Crippen molar-refractivity contribution in [2.24, 2.45) is 0 Å². The van der Waals surface area contributed by atoms with E-state index >= 15 is 0 Å². The topological polar surface area (TPSA) is 62.6 Å². The van der Waals surface area contributed by atoms with Crippen LogP contribution in [0.15, 0.2) is 72.4 Å². The van der Waals surface area contributed by atoms with Crippen molar-refractivity contribution in [2.45, 2.75) is 19.9 Å². The molecular weight excluding hydrogens is 410 g/mol. The first kappa shape index (κ1) is 24.5. The minimum atomic E-state index is -0.191. The summed E-state index contributed by atoms with van der Waals surface area (Å²) in [5, 5.41) is 12.7. The van der Waals surface area contributed by atoms with Gasteiger partial charge in [0.2, 0.25) is 0 Å². The van der Waals surface area contributed by atoms with Crippen LogP contribution in [0.2, 0.25) is 0 Å². The molecule has 0 atom stereocenters. The van der Waals surface area contributed by atoms with E-state index in [1.54, 1.807) is 11.1 Å². The molecule has 0 aromatic heterocycles. The number of hydrogen-bond donors (Lipinski definition) is 1. The number of rotatable bonds is 10. The third kappa shape index (κ3) is 6.67. The number of nitriles is 1. The lowest BCUT2D eigenvalue weighted by Crippen LogP contribution is -2.50. The summed E-state index contributed by atoms with van der Waals surface area (Å²) < 4.78 is 0.